The Hall–Kier alpha value is -1.25. The number of carboxylic acid groups (broad SMARTS) is 1. The number of rotatable bonds is 2. The highest BCUT2D eigenvalue weighted by molar-refractivity contribution is 5.89. The van der Waals surface area contributed by atoms with Crippen LogP contribution in [0.1, 0.15) is 47.1 Å². The summed E-state index contributed by atoms with van der Waals surface area (Å²) in [6.07, 6.45) is 3.65. The molecule has 1 aliphatic rings. The predicted molar refractivity (Wildman–Crippen MR) is 53.8 cm³/mol. The Labute approximate surface area is 83.4 Å². The minimum Gasteiger partial charge on any atom is -0.478 e. The topological polar surface area (TPSA) is 42.2 Å². The van der Waals surface area contributed by atoms with Crippen LogP contribution in [0.25, 0.3) is 0 Å². The Morgan fingerprint density at radius 2 is 2.14 bits per heavy atom. The molecule has 76 valence electrons. The van der Waals surface area contributed by atoms with Crippen molar-refractivity contribution >= 4 is 5.97 Å². The predicted octanol–water partition coefficient (Wildman–Crippen LogP) is 2.53. The summed E-state index contributed by atoms with van der Waals surface area (Å²) in [7, 11) is 0. The number of carboxylic acids is 1. The van der Waals surface area contributed by atoms with Gasteiger partial charge in [0.2, 0.25) is 0 Å². The van der Waals surface area contributed by atoms with Gasteiger partial charge < -0.3 is 9.67 Å². The second-order valence-corrected chi connectivity index (χ2v) is 4.04. The van der Waals surface area contributed by atoms with Gasteiger partial charge in [-0.1, -0.05) is 0 Å². The Balaban J connectivity index is 2.43. The highest BCUT2D eigenvalue weighted by atomic mass is 16.4. The first kappa shape index (κ1) is 9.31. The Bertz CT molecular complexity index is 375. The molecule has 1 fully saturated rings. The summed E-state index contributed by atoms with van der Waals surface area (Å²) in [4.78, 5) is 10.9. The van der Waals surface area contributed by atoms with Gasteiger partial charge in [-0.25, -0.2) is 4.79 Å². The quantitative estimate of drug-likeness (QED) is 0.784. The molecule has 1 aliphatic carbocycles. The number of hydrogen-bond acceptors (Lipinski definition) is 1. The molecule has 1 N–H and O–H groups in total. The summed E-state index contributed by atoms with van der Waals surface area (Å²) in [5.74, 6) is -0.816. The smallest absolute Gasteiger partial charge is 0.337 e. The highest BCUT2D eigenvalue weighted by Gasteiger charge is 2.24. The minimum absolute atomic E-state index is 0.453. The third kappa shape index (κ3) is 1.24. The van der Waals surface area contributed by atoms with Gasteiger partial charge in [0.1, 0.15) is 0 Å². The van der Waals surface area contributed by atoms with Crippen molar-refractivity contribution in [3.05, 3.63) is 23.0 Å². The van der Waals surface area contributed by atoms with E-state index < -0.39 is 5.97 Å². The van der Waals surface area contributed by atoms with Crippen molar-refractivity contribution in [1.29, 1.82) is 0 Å². The molecule has 1 saturated carbocycles. The van der Waals surface area contributed by atoms with Crippen LogP contribution in [-0.2, 0) is 0 Å². The SMILES string of the molecule is Cc1cc(C(=O)O)c(C)n1C1CCC1. The maximum absolute atomic E-state index is 10.9. The first-order chi connectivity index (χ1) is 6.61. The third-order valence-corrected chi connectivity index (χ3v) is 3.15. The lowest BCUT2D eigenvalue weighted by molar-refractivity contribution is 0.0695. The molecular weight excluding hydrogens is 178 g/mol. The van der Waals surface area contributed by atoms with Crippen LogP contribution in [-0.4, -0.2) is 15.6 Å². The molecule has 3 heteroatoms. The van der Waals surface area contributed by atoms with E-state index in [2.05, 4.69) is 4.57 Å². The van der Waals surface area contributed by atoms with Crippen molar-refractivity contribution in [3.63, 3.8) is 0 Å². The van der Waals surface area contributed by atoms with Gasteiger partial charge in [0.15, 0.2) is 0 Å². The van der Waals surface area contributed by atoms with E-state index >= 15 is 0 Å². The van der Waals surface area contributed by atoms with E-state index in [9.17, 15) is 4.79 Å². The number of aromatic carboxylic acids is 1. The fourth-order valence-electron chi connectivity index (χ4n) is 2.20. The molecule has 0 bridgehead atoms. The van der Waals surface area contributed by atoms with Gasteiger partial charge in [0.25, 0.3) is 0 Å². The lowest BCUT2D eigenvalue weighted by Gasteiger charge is -2.30. The zero-order valence-corrected chi connectivity index (χ0v) is 8.58. The van der Waals surface area contributed by atoms with E-state index in [1.165, 1.54) is 19.3 Å². The van der Waals surface area contributed by atoms with Gasteiger partial charge in [-0.15, -0.1) is 0 Å². The summed E-state index contributed by atoms with van der Waals surface area (Å²) in [6.45, 7) is 3.88. The molecule has 0 saturated heterocycles. The van der Waals surface area contributed by atoms with Crippen LogP contribution >= 0.6 is 0 Å². The first-order valence-electron chi connectivity index (χ1n) is 5.03. The lowest BCUT2D eigenvalue weighted by atomic mass is 9.92. The fourth-order valence-corrected chi connectivity index (χ4v) is 2.20. The van der Waals surface area contributed by atoms with Crippen molar-refractivity contribution in [2.24, 2.45) is 0 Å². The van der Waals surface area contributed by atoms with Crippen LogP contribution in [0.4, 0.5) is 0 Å². The maximum Gasteiger partial charge on any atom is 0.337 e. The molecule has 0 amide bonds. The Morgan fingerprint density at radius 3 is 2.50 bits per heavy atom. The molecule has 1 aromatic heterocycles. The van der Waals surface area contributed by atoms with Crippen LogP contribution in [0.15, 0.2) is 6.07 Å². The summed E-state index contributed by atoms with van der Waals surface area (Å²) in [6, 6.07) is 2.32. The van der Waals surface area contributed by atoms with E-state index in [0.29, 0.717) is 11.6 Å². The zero-order chi connectivity index (χ0) is 10.3. The van der Waals surface area contributed by atoms with Crippen LogP contribution in [0.2, 0.25) is 0 Å². The molecule has 2 rings (SSSR count). The number of aryl methyl sites for hydroxylation is 1. The molecule has 0 unspecified atom stereocenters. The molecule has 0 aromatic carbocycles. The summed E-state index contributed by atoms with van der Waals surface area (Å²) in [5, 5.41) is 8.96. The monoisotopic (exact) mass is 193 g/mol. The molecule has 0 aliphatic heterocycles. The Morgan fingerprint density at radius 1 is 1.50 bits per heavy atom. The van der Waals surface area contributed by atoms with Gasteiger partial charge in [0.05, 0.1) is 5.56 Å². The van der Waals surface area contributed by atoms with Gasteiger partial charge >= 0.3 is 5.97 Å². The minimum atomic E-state index is -0.816. The van der Waals surface area contributed by atoms with Crippen molar-refractivity contribution in [1.82, 2.24) is 4.57 Å². The summed E-state index contributed by atoms with van der Waals surface area (Å²) >= 11 is 0. The molecular formula is C11H15NO2. The molecule has 0 atom stereocenters. The summed E-state index contributed by atoms with van der Waals surface area (Å²) in [5.41, 5.74) is 2.43. The van der Waals surface area contributed by atoms with E-state index in [4.69, 9.17) is 5.11 Å². The number of aromatic nitrogens is 1. The number of hydrogen-bond donors (Lipinski definition) is 1. The van der Waals surface area contributed by atoms with Gasteiger partial charge in [-0.3, -0.25) is 0 Å². The zero-order valence-electron chi connectivity index (χ0n) is 8.58. The van der Waals surface area contributed by atoms with Crippen molar-refractivity contribution in [2.45, 2.75) is 39.2 Å². The van der Waals surface area contributed by atoms with Gasteiger partial charge in [-0.05, 0) is 39.2 Å². The van der Waals surface area contributed by atoms with Gasteiger partial charge in [-0.2, -0.15) is 0 Å². The highest BCUT2D eigenvalue weighted by Crippen LogP contribution is 2.35. The van der Waals surface area contributed by atoms with Crippen molar-refractivity contribution in [3.8, 4) is 0 Å². The van der Waals surface area contributed by atoms with Crippen LogP contribution in [0.3, 0.4) is 0 Å². The normalized spacial score (nSPS) is 16.7. The third-order valence-electron chi connectivity index (χ3n) is 3.15. The van der Waals surface area contributed by atoms with Crippen molar-refractivity contribution in [2.75, 3.05) is 0 Å². The van der Waals surface area contributed by atoms with Crippen LogP contribution in [0.5, 0.6) is 0 Å². The molecule has 0 radical (unpaired) electrons. The second-order valence-electron chi connectivity index (χ2n) is 4.04. The van der Waals surface area contributed by atoms with E-state index in [1.807, 2.05) is 13.8 Å². The molecule has 1 aromatic rings. The molecule has 0 spiro atoms. The lowest BCUT2D eigenvalue weighted by Crippen LogP contribution is -2.19. The summed E-state index contributed by atoms with van der Waals surface area (Å²) < 4.78 is 2.17. The number of carbonyl (C=O) groups is 1. The molecule has 1 heterocycles. The average molecular weight is 193 g/mol. The molecule has 3 nitrogen and oxygen atoms in total. The van der Waals surface area contributed by atoms with E-state index in [0.717, 1.165) is 11.4 Å². The average Bonchev–Trinajstić information content (AvgIpc) is 2.29. The largest absolute Gasteiger partial charge is 0.478 e. The fraction of sp³-hybridized carbons (Fsp3) is 0.545. The van der Waals surface area contributed by atoms with Gasteiger partial charge in [0, 0.05) is 17.4 Å². The standard InChI is InChI=1S/C11H15NO2/c1-7-6-10(11(13)14)8(2)12(7)9-4-3-5-9/h6,9H,3-5H2,1-2H3,(H,13,14). The maximum atomic E-state index is 10.9. The van der Waals surface area contributed by atoms with Crippen LogP contribution < -0.4 is 0 Å². The van der Waals surface area contributed by atoms with E-state index in [1.54, 1.807) is 6.07 Å². The Kier molecular flexibility index (Phi) is 2.10. The first-order valence-corrected chi connectivity index (χ1v) is 5.03. The van der Waals surface area contributed by atoms with Crippen molar-refractivity contribution < 1.29 is 9.90 Å². The molecule has 14 heavy (non-hydrogen) atoms. The van der Waals surface area contributed by atoms with E-state index in [-0.39, 0.29) is 0 Å². The second kappa shape index (κ2) is 3.15. The van der Waals surface area contributed by atoms with Crippen LogP contribution in [0, 0.1) is 13.8 Å². The number of nitrogens with zero attached hydrogens (tertiary/aromatic N) is 1.